The lowest BCUT2D eigenvalue weighted by Gasteiger charge is -2.08. The first-order valence-electron chi connectivity index (χ1n) is 6.35. The van der Waals surface area contributed by atoms with Crippen LogP contribution >= 0.6 is 0 Å². The van der Waals surface area contributed by atoms with Gasteiger partial charge in [-0.15, -0.1) is 0 Å². The van der Waals surface area contributed by atoms with Gasteiger partial charge in [-0.05, 0) is 42.0 Å². The summed E-state index contributed by atoms with van der Waals surface area (Å²) in [5.74, 6) is -0.0219. The average molecular weight is 269 g/mol. The molecule has 3 nitrogen and oxygen atoms in total. The molecular weight excluding hydrogens is 255 g/mol. The average Bonchev–Trinajstić information content (AvgIpc) is 2.49. The zero-order valence-corrected chi connectivity index (χ0v) is 10.7. The van der Waals surface area contributed by atoms with E-state index in [0.29, 0.717) is 12.1 Å². The van der Waals surface area contributed by atoms with E-state index in [1.165, 1.54) is 12.1 Å². The highest BCUT2D eigenvalue weighted by Crippen LogP contribution is 2.24. The fraction of sp³-hybridized carbons (Fsp3) is 0.0625. The molecule has 1 heterocycles. The lowest BCUT2D eigenvalue weighted by molar-refractivity contribution is -0.345. The van der Waals surface area contributed by atoms with Gasteiger partial charge in [0.05, 0.1) is 5.39 Å². The molecule has 1 aromatic heterocycles. The Morgan fingerprint density at radius 3 is 2.65 bits per heavy atom. The minimum Gasteiger partial charge on any atom is -0.502 e. The molecule has 0 spiro atoms. The van der Waals surface area contributed by atoms with E-state index in [4.69, 9.17) is 0 Å². The summed E-state index contributed by atoms with van der Waals surface area (Å²) >= 11 is 0. The third kappa shape index (κ3) is 2.40. The van der Waals surface area contributed by atoms with Crippen molar-refractivity contribution in [2.75, 3.05) is 5.32 Å². The second-order valence-electron chi connectivity index (χ2n) is 4.56. The van der Waals surface area contributed by atoms with Crippen molar-refractivity contribution < 1.29 is 14.5 Å². The van der Waals surface area contributed by atoms with Crippen molar-refractivity contribution in [2.24, 2.45) is 0 Å². The number of benzene rings is 2. The third-order valence-corrected chi connectivity index (χ3v) is 3.23. The topological polar surface area (TPSA) is 46.4 Å². The summed E-state index contributed by atoms with van der Waals surface area (Å²) < 4.78 is 12.8. The van der Waals surface area contributed by atoms with Crippen molar-refractivity contribution in [2.45, 2.75) is 6.54 Å². The van der Waals surface area contributed by atoms with Crippen LogP contribution in [0.3, 0.4) is 0 Å². The molecule has 0 saturated carbocycles. The van der Waals surface area contributed by atoms with Gasteiger partial charge in [0.15, 0.2) is 11.9 Å². The zero-order valence-electron chi connectivity index (χ0n) is 10.7. The summed E-state index contributed by atoms with van der Waals surface area (Å²) in [6.45, 7) is 0.597. The lowest BCUT2D eigenvalue weighted by Crippen LogP contribution is -2.05. The van der Waals surface area contributed by atoms with Crippen LogP contribution in [-0.2, 0) is 6.54 Å². The number of pyridine rings is 1. The molecule has 20 heavy (non-hydrogen) atoms. The molecule has 0 saturated heterocycles. The molecule has 0 unspecified atom stereocenters. The number of anilines is 1. The highest BCUT2D eigenvalue weighted by molar-refractivity contribution is 5.84. The fourth-order valence-corrected chi connectivity index (χ4v) is 2.19. The first-order valence-corrected chi connectivity index (χ1v) is 6.35. The number of aromatic hydroxyl groups is 1. The van der Waals surface area contributed by atoms with Crippen LogP contribution in [-0.4, -0.2) is 5.11 Å². The van der Waals surface area contributed by atoms with Crippen LogP contribution in [0.2, 0.25) is 0 Å². The molecule has 3 aromatic rings. The van der Waals surface area contributed by atoms with Crippen molar-refractivity contribution in [1.29, 1.82) is 0 Å². The van der Waals surface area contributed by atoms with Gasteiger partial charge in [0.1, 0.15) is 5.82 Å². The molecule has 0 radical (unpaired) electrons. The van der Waals surface area contributed by atoms with E-state index in [1.807, 2.05) is 18.2 Å². The largest absolute Gasteiger partial charge is 0.502 e. The Kier molecular flexibility index (Phi) is 3.21. The zero-order chi connectivity index (χ0) is 13.9. The minimum absolute atomic E-state index is 0.228. The number of phenolic OH excluding ortho intramolecular Hbond substituents is 1. The van der Waals surface area contributed by atoms with Gasteiger partial charge >= 0.3 is 0 Å². The minimum atomic E-state index is -0.250. The van der Waals surface area contributed by atoms with Crippen molar-refractivity contribution in [1.82, 2.24) is 0 Å². The Balaban J connectivity index is 1.88. The number of halogens is 1. The second-order valence-corrected chi connectivity index (χ2v) is 4.56. The van der Waals surface area contributed by atoms with E-state index < -0.39 is 0 Å². The molecular formula is C16H14FN2O+. The van der Waals surface area contributed by atoms with Crippen molar-refractivity contribution in [3.8, 4) is 5.75 Å². The van der Waals surface area contributed by atoms with Gasteiger partial charge in [-0.3, -0.25) is 0 Å². The molecule has 2 aromatic carbocycles. The molecule has 0 fully saturated rings. The van der Waals surface area contributed by atoms with E-state index >= 15 is 0 Å². The van der Waals surface area contributed by atoms with E-state index in [0.717, 1.165) is 16.6 Å². The van der Waals surface area contributed by atoms with E-state index in [2.05, 4.69) is 10.3 Å². The Bertz CT molecular complexity index is 741. The molecule has 3 rings (SSSR count). The predicted molar refractivity (Wildman–Crippen MR) is 75.9 cm³/mol. The fourth-order valence-electron chi connectivity index (χ4n) is 2.19. The molecule has 0 aliphatic rings. The van der Waals surface area contributed by atoms with E-state index in [1.54, 1.807) is 24.4 Å². The van der Waals surface area contributed by atoms with E-state index in [-0.39, 0.29) is 11.6 Å². The Hall–Kier alpha value is -2.62. The van der Waals surface area contributed by atoms with Gasteiger partial charge in [0.2, 0.25) is 0 Å². The number of hydrogen-bond donors (Lipinski definition) is 2. The number of fused-ring (bicyclic) bond motifs is 1. The maximum atomic E-state index is 12.8. The molecule has 4 heteroatoms. The standard InChI is InChI=1S/C16H13FN2O/c17-12-4-6-13(7-5-12)19-10-11-3-8-15(20)16-14(11)2-1-9-18-16/h1-9,19-20H,10H2/p+1. The van der Waals surface area contributed by atoms with Crippen molar-refractivity contribution in [3.63, 3.8) is 0 Å². The van der Waals surface area contributed by atoms with Crippen LogP contribution in [0.25, 0.3) is 10.9 Å². The highest BCUT2D eigenvalue weighted by Gasteiger charge is 2.10. The summed E-state index contributed by atoms with van der Waals surface area (Å²) in [6.07, 6.45) is 1.78. The van der Waals surface area contributed by atoms with Crippen LogP contribution in [0.15, 0.2) is 54.7 Å². The van der Waals surface area contributed by atoms with Gasteiger partial charge < -0.3 is 10.4 Å². The molecule has 0 atom stereocenters. The predicted octanol–water partition coefficient (Wildman–Crippen LogP) is 3.11. The summed E-state index contributed by atoms with van der Waals surface area (Å²) in [5.41, 5.74) is 2.62. The summed E-state index contributed by atoms with van der Waals surface area (Å²) in [5, 5.41) is 14.0. The molecule has 0 bridgehead atoms. The van der Waals surface area contributed by atoms with Gasteiger partial charge in [-0.25, -0.2) is 9.37 Å². The quantitative estimate of drug-likeness (QED) is 0.767. The first-order chi connectivity index (χ1) is 9.74. The van der Waals surface area contributed by atoms with Gasteiger partial charge in [-0.2, -0.15) is 0 Å². The third-order valence-electron chi connectivity index (χ3n) is 3.23. The molecule has 100 valence electrons. The molecule has 0 aliphatic heterocycles. The maximum Gasteiger partial charge on any atom is 0.253 e. The lowest BCUT2D eigenvalue weighted by atomic mass is 10.1. The first kappa shape index (κ1) is 12.4. The maximum absolute atomic E-state index is 12.8. The molecule has 0 aliphatic carbocycles. The molecule has 3 N–H and O–H groups in total. The Morgan fingerprint density at radius 1 is 1.05 bits per heavy atom. The van der Waals surface area contributed by atoms with Crippen LogP contribution in [0, 0.1) is 5.82 Å². The Morgan fingerprint density at radius 2 is 1.85 bits per heavy atom. The van der Waals surface area contributed by atoms with Gasteiger partial charge in [0.25, 0.3) is 5.52 Å². The monoisotopic (exact) mass is 269 g/mol. The second kappa shape index (κ2) is 5.17. The summed E-state index contributed by atoms with van der Waals surface area (Å²) in [4.78, 5) is 3.04. The van der Waals surface area contributed by atoms with Crippen molar-refractivity contribution in [3.05, 3.63) is 66.1 Å². The number of hydrogen-bond acceptors (Lipinski definition) is 2. The number of nitrogens with one attached hydrogen (secondary N) is 2. The van der Waals surface area contributed by atoms with Crippen LogP contribution in [0.1, 0.15) is 5.56 Å². The van der Waals surface area contributed by atoms with Crippen LogP contribution in [0.4, 0.5) is 10.1 Å². The van der Waals surface area contributed by atoms with Crippen LogP contribution in [0.5, 0.6) is 5.75 Å². The Labute approximate surface area is 115 Å². The number of aromatic nitrogens is 1. The van der Waals surface area contributed by atoms with Gasteiger partial charge in [-0.1, -0.05) is 6.07 Å². The normalized spacial score (nSPS) is 10.7. The van der Waals surface area contributed by atoms with Crippen LogP contribution < -0.4 is 10.3 Å². The number of aromatic amines is 1. The summed E-state index contributed by atoms with van der Waals surface area (Å²) in [7, 11) is 0. The smallest absolute Gasteiger partial charge is 0.253 e. The van der Waals surface area contributed by atoms with Crippen molar-refractivity contribution >= 4 is 16.6 Å². The summed E-state index contributed by atoms with van der Waals surface area (Å²) in [6, 6.07) is 13.6. The number of H-pyrrole nitrogens is 1. The SMILES string of the molecule is Oc1ccc(CNc2ccc(F)cc2)c2ccc[nH+]c12. The highest BCUT2D eigenvalue weighted by atomic mass is 19.1. The number of rotatable bonds is 3. The van der Waals surface area contributed by atoms with E-state index in [9.17, 15) is 9.50 Å². The molecule has 0 amide bonds. The van der Waals surface area contributed by atoms with Gasteiger partial charge in [0, 0.05) is 18.3 Å². The number of phenols is 1.